The summed E-state index contributed by atoms with van der Waals surface area (Å²) in [5.74, 6) is 1.02. The van der Waals surface area contributed by atoms with Gasteiger partial charge in [-0.15, -0.1) is 11.3 Å². The van der Waals surface area contributed by atoms with Gasteiger partial charge in [-0.25, -0.2) is 4.98 Å². The number of amides is 2. The number of benzene rings is 2. The van der Waals surface area contributed by atoms with Crippen molar-refractivity contribution in [3.8, 4) is 27.8 Å². The number of nitrogens with one attached hydrogen (secondary N) is 2. The fraction of sp³-hybridized carbons (Fsp3) is 0.261. The highest BCUT2D eigenvalue weighted by molar-refractivity contribution is 7.17. The molecule has 0 aliphatic rings. The van der Waals surface area contributed by atoms with Crippen molar-refractivity contribution < 1.29 is 23.8 Å². The molecule has 0 radical (unpaired) electrons. The van der Waals surface area contributed by atoms with Crippen LogP contribution >= 0.6 is 11.3 Å². The SMILES string of the molecule is COc1ccc(C)cc1NC(=O)CNC(=O)c1sc(-c2ccc(OC)c(OC)c2)nc1C. The number of carbonyl (C=O) groups is 2. The van der Waals surface area contributed by atoms with E-state index in [0.717, 1.165) is 11.1 Å². The summed E-state index contributed by atoms with van der Waals surface area (Å²) >= 11 is 1.25. The Balaban J connectivity index is 1.68. The van der Waals surface area contributed by atoms with Crippen molar-refractivity contribution in [1.29, 1.82) is 0 Å². The largest absolute Gasteiger partial charge is 0.495 e. The number of hydrogen-bond donors (Lipinski definition) is 2. The van der Waals surface area contributed by atoms with Crippen molar-refractivity contribution in [2.45, 2.75) is 13.8 Å². The van der Waals surface area contributed by atoms with Crippen LogP contribution in [0.4, 0.5) is 5.69 Å². The van der Waals surface area contributed by atoms with Crippen molar-refractivity contribution in [2.24, 2.45) is 0 Å². The molecule has 2 N–H and O–H groups in total. The fourth-order valence-electron chi connectivity index (χ4n) is 3.05. The van der Waals surface area contributed by atoms with Crippen LogP contribution in [0.25, 0.3) is 10.6 Å². The van der Waals surface area contributed by atoms with Gasteiger partial charge in [-0.1, -0.05) is 6.07 Å². The number of aromatic nitrogens is 1. The Labute approximate surface area is 190 Å². The van der Waals surface area contributed by atoms with Crippen molar-refractivity contribution in [1.82, 2.24) is 10.3 Å². The Morgan fingerprint density at radius 1 is 0.938 bits per heavy atom. The minimum absolute atomic E-state index is 0.182. The lowest BCUT2D eigenvalue weighted by atomic mass is 10.2. The molecule has 168 valence electrons. The van der Waals surface area contributed by atoms with Gasteiger partial charge in [-0.2, -0.15) is 0 Å². The topological polar surface area (TPSA) is 98.8 Å². The molecule has 3 aromatic rings. The molecule has 1 aromatic heterocycles. The third-order valence-electron chi connectivity index (χ3n) is 4.67. The molecule has 0 aliphatic heterocycles. The average molecular weight is 456 g/mol. The number of ether oxygens (including phenoxy) is 3. The molecule has 8 nitrogen and oxygen atoms in total. The molecule has 2 amide bonds. The van der Waals surface area contributed by atoms with Crippen LogP contribution in [0.2, 0.25) is 0 Å². The van der Waals surface area contributed by atoms with Crippen LogP contribution in [0.5, 0.6) is 17.2 Å². The maximum Gasteiger partial charge on any atom is 0.263 e. The summed E-state index contributed by atoms with van der Waals surface area (Å²) in [6.45, 7) is 3.49. The van der Waals surface area contributed by atoms with E-state index in [1.54, 1.807) is 39.3 Å². The van der Waals surface area contributed by atoms with Gasteiger partial charge in [0.15, 0.2) is 11.5 Å². The molecule has 0 bridgehead atoms. The first kappa shape index (κ1) is 23.1. The Morgan fingerprint density at radius 3 is 2.31 bits per heavy atom. The lowest BCUT2D eigenvalue weighted by molar-refractivity contribution is -0.115. The third-order valence-corrected chi connectivity index (χ3v) is 5.88. The van der Waals surface area contributed by atoms with Crippen LogP contribution in [0.1, 0.15) is 20.9 Å². The standard InChI is InChI=1S/C23H25N3O5S/c1-13-6-8-17(29-3)16(10-13)26-20(27)12-24-22(28)21-14(2)25-23(32-21)15-7-9-18(30-4)19(11-15)31-5/h6-11H,12H2,1-5H3,(H,24,28)(H,26,27). The van der Waals surface area contributed by atoms with Gasteiger partial charge in [0.1, 0.15) is 15.6 Å². The number of methoxy groups -OCH3 is 3. The van der Waals surface area contributed by atoms with Crippen LogP contribution in [0.15, 0.2) is 36.4 Å². The zero-order chi connectivity index (χ0) is 23.3. The number of thiazole rings is 1. The zero-order valence-electron chi connectivity index (χ0n) is 18.6. The summed E-state index contributed by atoms with van der Waals surface area (Å²) in [7, 11) is 4.66. The molecular weight excluding hydrogens is 430 g/mol. The molecule has 2 aromatic carbocycles. The van der Waals surface area contributed by atoms with E-state index in [1.165, 1.54) is 18.4 Å². The molecule has 0 aliphatic carbocycles. The van der Waals surface area contributed by atoms with Crippen LogP contribution in [0.3, 0.4) is 0 Å². The van der Waals surface area contributed by atoms with Crippen molar-refractivity contribution in [2.75, 3.05) is 33.2 Å². The Kier molecular flexibility index (Phi) is 7.32. The second kappa shape index (κ2) is 10.1. The lowest BCUT2D eigenvalue weighted by Gasteiger charge is -2.11. The van der Waals surface area contributed by atoms with Gasteiger partial charge in [0.25, 0.3) is 5.91 Å². The fourth-order valence-corrected chi connectivity index (χ4v) is 4.03. The molecule has 0 fully saturated rings. The van der Waals surface area contributed by atoms with E-state index in [4.69, 9.17) is 14.2 Å². The van der Waals surface area contributed by atoms with Gasteiger partial charge in [-0.05, 0) is 49.7 Å². The second-order valence-corrected chi connectivity index (χ2v) is 7.94. The molecular formula is C23H25N3O5S. The summed E-state index contributed by atoms with van der Waals surface area (Å²) in [5.41, 5.74) is 2.92. The van der Waals surface area contributed by atoms with Gasteiger partial charge in [0, 0.05) is 5.56 Å². The molecule has 1 heterocycles. The Morgan fingerprint density at radius 2 is 1.62 bits per heavy atom. The molecule has 0 saturated heterocycles. The van der Waals surface area contributed by atoms with Crippen LogP contribution in [0, 0.1) is 13.8 Å². The number of carbonyl (C=O) groups excluding carboxylic acids is 2. The van der Waals surface area contributed by atoms with Crippen molar-refractivity contribution in [3.63, 3.8) is 0 Å². The maximum absolute atomic E-state index is 12.7. The number of hydrogen-bond acceptors (Lipinski definition) is 7. The smallest absolute Gasteiger partial charge is 0.263 e. The normalized spacial score (nSPS) is 10.4. The van der Waals surface area contributed by atoms with E-state index in [2.05, 4.69) is 15.6 Å². The number of anilines is 1. The first-order valence-electron chi connectivity index (χ1n) is 9.78. The van der Waals surface area contributed by atoms with Crippen LogP contribution in [-0.2, 0) is 4.79 Å². The maximum atomic E-state index is 12.7. The number of rotatable bonds is 8. The zero-order valence-corrected chi connectivity index (χ0v) is 19.4. The van der Waals surface area contributed by atoms with E-state index in [1.807, 2.05) is 25.1 Å². The predicted molar refractivity (Wildman–Crippen MR) is 124 cm³/mol. The van der Waals surface area contributed by atoms with E-state index in [-0.39, 0.29) is 18.4 Å². The van der Waals surface area contributed by atoms with Gasteiger partial charge >= 0.3 is 0 Å². The molecule has 9 heteroatoms. The van der Waals surface area contributed by atoms with Gasteiger partial charge < -0.3 is 24.8 Å². The minimum Gasteiger partial charge on any atom is -0.495 e. The lowest BCUT2D eigenvalue weighted by Crippen LogP contribution is -2.32. The highest BCUT2D eigenvalue weighted by atomic mass is 32.1. The molecule has 0 atom stereocenters. The Hall–Kier alpha value is -3.59. The quantitative estimate of drug-likeness (QED) is 0.536. The molecule has 32 heavy (non-hydrogen) atoms. The molecule has 0 saturated carbocycles. The summed E-state index contributed by atoms with van der Waals surface area (Å²) in [6, 6.07) is 10.9. The average Bonchev–Trinajstić information content (AvgIpc) is 3.18. The highest BCUT2D eigenvalue weighted by Gasteiger charge is 2.18. The number of aryl methyl sites for hydroxylation is 2. The second-order valence-electron chi connectivity index (χ2n) is 6.94. The minimum atomic E-state index is -0.363. The summed E-state index contributed by atoms with van der Waals surface area (Å²) in [4.78, 5) is 30.0. The van der Waals surface area contributed by atoms with E-state index < -0.39 is 0 Å². The molecule has 0 spiro atoms. The van der Waals surface area contributed by atoms with Crippen molar-refractivity contribution in [3.05, 3.63) is 52.5 Å². The van der Waals surface area contributed by atoms with Gasteiger partial charge in [0.05, 0.1) is 39.3 Å². The van der Waals surface area contributed by atoms with Gasteiger partial charge in [-0.3, -0.25) is 9.59 Å². The Bertz CT molecular complexity index is 1140. The van der Waals surface area contributed by atoms with Crippen LogP contribution < -0.4 is 24.8 Å². The van der Waals surface area contributed by atoms with E-state index in [9.17, 15) is 9.59 Å². The first-order valence-corrected chi connectivity index (χ1v) is 10.6. The molecule has 0 unspecified atom stereocenters. The molecule has 3 rings (SSSR count). The monoisotopic (exact) mass is 455 g/mol. The van der Waals surface area contributed by atoms with Gasteiger partial charge in [0.2, 0.25) is 5.91 Å². The highest BCUT2D eigenvalue weighted by Crippen LogP contribution is 2.35. The van der Waals surface area contributed by atoms with E-state index >= 15 is 0 Å². The number of nitrogens with zero attached hydrogens (tertiary/aromatic N) is 1. The summed E-state index contributed by atoms with van der Waals surface area (Å²) in [5, 5.41) is 6.08. The summed E-state index contributed by atoms with van der Waals surface area (Å²) in [6.07, 6.45) is 0. The predicted octanol–water partition coefficient (Wildman–Crippen LogP) is 3.82. The first-order chi connectivity index (χ1) is 15.4. The van der Waals surface area contributed by atoms with E-state index in [0.29, 0.717) is 38.5 Å². The summed E-state index contributed by atoms with van der Waals surface area (Å²) < 4.78 is 15.9. The third kappa shape index (κ3) is 5.17. The van der Waals surface area contributed by atoms with Crippen molar-refractivity contribution >= 4 is 28.8 Å². The van der Waals surface area contributed by atoms with Crippen LogP contribution in [-0.4, -0.2) is 44.7 Å².